The van der Waals surface area contributed by atoms with Gasteiger partial charge in [-0.15, -0.1) is 0 Å². The highest BCUT2D eigenvalue weighted by molar-refractivity contribution is 5.95. The summed E-state index contributed by atoms with van der Waals surface area (Å²) >= 11 is 0. The Morgan fingerprint density at radius 2 is 1.81 bits per heavy atom. The molecule has 2 N–H and O–H groups in total. The Morgan fingerprint density at radius 1 is 1.23 bits per heavy atom. The maximum Gasteiger partial charge on any atom is 0.328 e. The van der Waals surface area contributed by atoms with Gasteiger partial charge in [-0.05, 0) is 29.6 Å². The number of rotatable bonds is 4. The molecule has 0 aromatic rings. The van der Waals surface area contributed by atoms with Crippen molar-refractivity contribution in [3.63, 3.8) is 0 Å². The first kappa shape index (κ1) is 19.1. The van der Waals surface area contributed by atoms with Gasteiger partial charge in [0.1, 0.15) is 17.7 Å². The van der Waals surface area contributed by atoms with Crippen molar-refractivity contribution in [2.75, 3.05) is 13.7 Å². The molecule has 2 saturated carbocycles. The first-order valence-electron chi connectivity index (χ1n) is 9.26. The lowest BCUT2D eigenvalue weighted by atomic mass is 9.85. The number of hydrogen-bond donors (Lipinski definition) is 2. The number of likely N-dealkylation sites (tertiary alicyclic amines) is 1. The molecule has 1 saturated heterocycles. The molecule has 2 aliphatic carbocycles. The Bertz CT molecular complexity index is 647. The van der Waals surface area contributed by atoms with E-state index >= 15 is 0 Å². The van der Waals surface area contributed by atoms with Gasteiger partial charge in [-0.2, -0.15) is 0 Å². The fourth-order valence-corrected chi connectivity index (χ4v) is 4.33. The molecule has 7 heteroatoms. The molecule has 3 aliphatic rings. The van der Waals surface area contributed by atoms with Crippen molar-refractivity contribution in [3.8, 4) is 0 Å². The summed E-state index contributed by atoms with van der Waals surface area (Å²) in [6, 6.07) is -1.43. The Morgan fingerprint density at radius 3 is 2.27 bits per heavy atom. The maximum atomic E-state index is 13.3. The summed E-state index contributed by atoms with van der Waals surface area (Å²) < 4.78 is 4.96. The normalized spacial score (nSPS) is 31.7. The molecule has 0 aromatic carbocycles. The van der Waals surface area contributed by atoms with Crippen molar-refractivity contribution in [2.45, 2.75) is 65.1 Å². The maximum absolute atomic E-state index is 13.3. The summed E-state index contributed by atoms with van der Waals surface area (Å²) in [5, 5.41) is 12.8. The van der Waals surface area contributed by atoms with Crippen LogP contribution < -0.4 is 5.32 Å². The van der Waals surface area contributed by atoms with E-state index in [4.69, 9.17) is 4.74 Å². The molecule has 7 nitrogen and oxygen atoms in total. The number of aliphatic hydroxyl groups is 1. The summed E-state index contributed by atoms with van der Waals surface area (Å²) in [5.74, 6) is -0.850. The molecule has 0 bridgehead atoms. The van der Waals surface area contributed by atoms with Gasteiger partial charge in [0.25, 0.3) is 5.91 Å². The van der Waals surface area contributed by atoms with E-state index in [1.807, 2.05) is 20.8 Å². The van der Waals surface area contributed by atoms with E-state index < -0.39 is 35.0 Å². The van der Waals surface area contributed by atoms with Crippen LogP contribution in [0.25, 0.3) is 0 Å². The number of esters is 1. The third-order valence-electron chi connectivity index (χ3n) is 6.47. The van der Waals surface area contributed by atoms with Gasteiger partial charge in [-0.3, -0.25) is 9.59 Å². The van der Waals surface area contributed by atoms with Gasteiger partial charge in [0.05, 0.1) is 7.11 Å². The van der Waals surface area contributed by atoms with Crippen LogP contribution >= 0.6 is 0 Å². The average molecular weight is 366 g/mol. The third-order valence-corrected chi connectivity index (χ3v) is 6.47. The molecule has 146 valence electrons. The van der Waals surface area contributed by atoms with Gasteiger partial charge in [0.2, 0.25) is 5.91 Å². The van der Waals surface area contributed by atoms with Crippen LogP contribution in [0.15, 0.2) is 0 Å². The molecule has 1 heterocycles. The van der Waals surface area contributed by atoms with Gasteiger partial charge in [0, 0.05) is 12.5 Å². The first-order chi connectivity index (χ1) is 11.8. The molecule has 4 atom stereocenters. The fourth-order valence-electron chi connectivity index (χ4n) is 4.33. The third kappa shape index (κ3) is 2.90. The van der Waals surface area contributed by atoms with Crippen LogP contribution in [0, 0.1) is 22.7 Å². The van der Waals surface area contributed by atoms with Crippen LogP contribution in [0.3, 0.4) is 0 Å². The molecule has 0 radical (unpaired) electrons. The quantitative estimate of drug-likeness (QED) is 0.714. The second kappa shape index (κ2) is 5.68. The van der Waals surface area contributed by atoms with Gasteiger partial charge in [-0.1, -0.05) is 34.6 Å². The van der Waals surface area contributed by atoms with Gasteiger partial charge in [-0.25, -0.2) is 4.79 Å². The van der Waals surface area contributed by atoms with E-state index in [-0.39, 0.29) is 23.2 Å². The summed E-state index contributed by atoms with van der Waals surface area (Å²) in [6.07, 6.45) is 0.827. The first-order valence-corrected chi connectivity index (χ1v) is 9.26. The monoisotopic (exact) mass is 366 g/mol. The number of nitrogens with zero attached hydrogens (tertiary/aromatic N) is 1. The number of hydrogen-bond acceptors (Lipinski definition) is 5. The fraction of sp³-hybridized carbons (Fsp3) is 0.842. The van der Waals surface area contributed by atoms with Crippen LogP contribution in [0.1, 0.15) is 47.5 Å². The SMILES string of the molecule is COC(=O)[C@@H]1[C@@H]2[C@H](CN1C(=O)[C@@H](NC(=O)C1(O)CC1)C(C)(C)C)C2(C)C. The smallest absolute Gasteiger partial charge is 0.328 e. The van der Waals surface area contributed by atoms with Crippen LogP contribution in [-0.2, 0) is 19.1 Å². The van der Waals surface area contributed by atoms with Crippen LogP contribution in [0.5, 0.6) is 0 Å². The summed E-state index contributed by atoms with van der Waals surface area (Å²) in [7, 11) is 1.33. The van der Waals surface area contributed by atoms with Gasteiger partial charge < -0.3 is 20.1 Å². The Kier molecular flexibility index (Phi) is 4.18. The van der Waals surface area contributed by atoms with Crippen molar-refractivity contribution < 1.29 is 24.2 Å². The van der Waals surface area contributed by atoms with E-state index in [0.717, 1.165) is 0 Å². The molecule has 3 rings (SSSR count). The lowest BCUT2D eigenvalue weighted by Crippen LogP contribution is -2.59. The summed E-state index contributed by atoms with van der Waals surface area (Å²) in [5.41, 5.74) is -1.89. The van der Waals surface area contributed by atoms with Crippen molar-refractivity contribution in [1.29, 1.82) is 0 Å². The number of carbonyl (C=O) groups excluding carboxylic acids is 3. The number of ether oxygens (including phenoxy) is 1. The lowest BCUT2D eigenvalue weighted by molar-refractivity contribution is -0.155. The standard InChI is InChI=1S/C19H30N2O5/c1-17(2,3)13(20-16(24)19(25)7-8-19)14(22)21-9-10-11(18(10,4)5)12(21)15(23)26-6/h10-13,25H,7-9H2,1-6H3,(H,20,24)/t10-,11-,12-,13+/m0/s1. The average Bonchev–Trinajstić information content (AvgIpc) is 3.32. The highest BCUT2D eigenvalue weighted by atomic mass is 16.5. The minimum Gasteiger partial charge on any atom is -0.467 e. The lowest BCUT2D eigenvalue weighted by Gasteiger charge is -2.37. The zero-order chi connectivity index (χ0) is 19.7. The van der Waals surface area contributed by atoms with Crippen LogP contribution in [0.2, 0.25) is 0 Å². The topological polar surface area (TPSA) is 95.9 Å². The molecule has 0 spiro atoms. The van der Waals surface area contributed by atoms with Crippen LogP contribution in [0.4, 0.5) is 0 Å². The summed E-state index contributed by atoms with van der Waals surface area (Å²) in [6.45, 7) is 10.3. The molecule has 1 aliphatic heterocycles. The minimum absolute atomic E-state index is 0.0132. The van der Waals surface area contributed by atoms with Gasteiger partial charge >= 0.3 is 5.97 Å². The molecular formula is C19H30N2O5. The second-order valence-corrected chi connectivity index (χ2v) is 9.72. The highest BCUT2D eigenvalue weighted by Crippen LogP contribution is 2.65. The minimum atomic E-state index is -1.35. The van der Waals surface area contributed by atoms with Crippen molar-refractivity contribution in [2.24, 2.45) is 22.7 Å². The number of carbonyl (C=O) groups is 3. The van der Waals surface area contributed by atoms with Crippen molar-refractivity contribution >= 4 is 17.8 Å². The molecular weight excluding hydrogens is 336 g/mol. The number of methoxy groups -OCH3 is 1. The number of amides is 2. The molecule has 0 aromatic heterocycles. The molecule has 26 heavy (non-hydrogen) atoms. The Balaban J connectivity index is 1.82. The van der Waals surface area contributed by atoms with E-state index in [2.05, 4.69) is 19.2 Å². The number of fused-ring (bicyclic) bond motifs is 1. The largest absolute Gasteiger partial charge is 0.467 e. The van der Waals surface area contributed by atoms with Gasteiger partial charge in [0.15, 0.2) is 0 Å². The molecule has 3 fully saturated rings. The predicted molar refractivity (Wildman–Crippen MR) is 93.8 cm³/mol. The second-order valence-electron chi connectivity index (χ2n) is 9.72. The summed E-state index contributed by atoms with van der Waals surface area (Å²) in [4.78, 5) is 39.6. The van der Waals surface area contributed by atoms with E-state index in [1.165, 1.54) is 7.11 Å². The van der Waals surface area contributed by atoms with E-state index in [9.17, 15) is 19.5 Å². The Labute approximate surface area is 154 Å². The zero-order valence-electron chi connectivity index (χ0n) is 16.5. The zero-order valence-corrected chi connectivity index (χ0v) is 16.5. The van der Waals surface area contributed by atoms with Crippen molar-refractivity contribution in [3.05, 3.63) is 0 Å². The predicted octanol–water partition coefficient (Wildman–Crippen LogP) is 0.698. The van der Waals surface area contributed by atoms with Crippen LogP contribution in [-0.4, -0.2) is 59.1 Å². The number of nitrogens with one attached hydrogen (secondary N) is 1. The highest BCUT2D eigenvalue weighted by Gasteiger charge is 2.70. The molecule has 2 amide bonds. The Hall–Kier alpha value is -1.63. The number of piperidine rings is 1. The van der Waals surface area contributed by atoms with E-state index in [0.29, 0.717) is 19.4 Å². The molecule has 0 unspecified atom stereocenters. The van der Waals surface area contributed by atoms with E-state index in [1.54, 1.807) is 4.90 Å². The van der Waals surface area contributed by atoms with Crippen molar-refractivity contribution in [1.82, 2.24) is 10.2 Å².